The van der Waals surface area contributed by atoms with Gasteiger partial charge in [-0.3, -0.25) is 15.1 Å². The van der Waals surface area contributed by atoms with Crippen LogP contribution in [0.25, 0.3) is 50.8 Å². The Balaban J connectivity index is 1.25. The maximum absolute atomic E-state index is 6.01. The summed E-state index contributed by atoms with van der Waals surface area (Å²) in [5.74, 6) is 1.38. The van der Waals surface area contributed by atoms with Gasteiger partial charge in [0.25, 0.3) is 0 Å². The number of benzene rings is 1. The first-order chi connectivity index (χ1) is 19.2. The molecule has 0 radical (unpaired) electrons. The summed E-state index contributed by atoms with van der Waals surface area (Å²) in [6, 6.07) is 16.3. The number of thiophene rings is 1. The second kappa shape index (κ2) is 9.70. The number of imidazole rings is 1. The number of fused-ring (bicyclic) bond motifs is 2. The molecule has 6 aromatic rings. The van der Waals surface area contributed by atoms with Crippen molar-refractivity contribution in [3.8, 4) is 27.7 Å². The molecule has 7 rings (SSSR count). The van der Waals surface area contributed by atoms with Crippen molar-refractivity contribution in [1.29, 1.82) is 0 Å². The van der Waals surface area contributed by atoms with E-state index < -0.39 is 0 Å². The maximum Gasteiger partial charge on any atom is 0.159 e. The zero-order valence-corrected chi connectivity index (χ0v) is 21.8. The monoisotopic (exact) mass is 529 g/mol. The molecule has 0 atom stereocenters. The van der Waals surface area contributed by atoms with Gasteiger partial charge in [-0.15, -0.1) is 11.3 Å². The zero-order valence-electron chi connectivity index (χ0n) is 21.0. The van der Waals surface area contributed by atoms with Crippen LogP contribution in [-0.2, 0) is 6.61 Å². The first-order valence-corrected chi connectivity index (χ1v) is 13.3. The molecule has 1 aliphatic heterocycles. The van der Waals surface area contributed by atoms with Crippen molar-refractivity contribution in [2.45, 2.75) is 13.5 Å². The number of H-pyrrole nitrogens is 2. The molecule has 0 spiro atoms. The van der Waals surface area contributed by atoms with Gasteiger partial charge in [0.2, 0.25) is 0 Å². The second-order valence-electron chi connectivity index (χ2n) is 9.22. The van der Waals surface area contributed by atoms with Crippen molar-refractivity contribution in [2.24, 2.45) is 0 Å². The number of allylic oxidation sites excluding steroid dienone is 1. The molecule has 0 saturated carbocycles. The van der Waals surface area contributed by atoms with Gasteiger partial charge in [0.15, 0.2) is 5.82 Å². The lowest BCUT2D eigenvalue weighted by Crippen LogP contribution is -2.25. The number of aromatic nitrogens is 6. The third kappa shape index (κ3) is 4.49. The molecule has 1 aromatic carbocycles. The lowest BCUT2D eigenvalue weighted by Gasteiger charge is -2.08. The number of aryl methyl sites for hydroxylation is 1. The minimum absolute atomic E-state index is 0.477. The highest BCUT2D eigenvalue weighted by Crippen LogP contribution is 2.32. The van der Waals surface area contributed by atoms with Crippen LogP contribution in [-0.4, -0.2) is 30.1 Å². The van der Waals surface area contributed by atoms with Crippen LogP contribution in [0, 0.1) is 6.92 Å². The Morgan fingerprint density at radius 2 is 1.85 bits per heavy atom. The van der Waals surface area contributed by atoms with Crippen molar-refractivity contribution in [2.75, 3.05) is 0 Å². The van der Waals surface area contributed by atoms with Crippen LogP contribution in [0.1, 0.15) is 16.0 Å². The van der Waals surface area contributed by atoms with Gasteiger partial charge in [0.1, 0.15) is 23.6 Å². The number of ether oxygens (including phenoxy) is 1. The number of aromatic amines is 2. The Morgan fingerprint density at radius 1 is 0.949 bits per heavy atom. The van der Waals surface area contributed by atoms with Crippen molar-refractivity contribution >= 4 is 40.2 Å². The summed E-state index contributed by atoms with van der Waals surface area (Å²) in [5, 5.41) is 12.8. The molecular formula is C30H23N7OS. The van der Waals surface area contributed by atoms with Crippen molar-refractivity contribution < 1.29 is 4.74 Å². The van der Waals surface area contributed by atoms with Gasteiger partial charge in [-0.2, -0.15) is 5.10 Å². The minimum atomic E-state index is 0.477. The molecule has 1 aliphatic rings. The molecule has 8 nitrogen and oxygen atoms in total. The third-order valence-corrected chi connectivity index (χ3v) is 7.55. The molecule has 6 heterocycles. The molecule has 5 aromatic heterocycles. The quantitative estimate of drug-likeness (QED) is 0.293. The molecule has 0 saturated heterocycles. The van der Waals surface area contributed by atoms with E-state index in [9.17, 15) is 0 Å². The molecule has 0 amide bonds. The van der Waals surface area contributed by atoms with Crippen molar-refractivity contribution in [3.63, 3.8) is 0 Å². The molecule has 9 heteroatoms. The summed E-state index contributed by atoms with van der Waals surface area (Å²) in [6.45, 7) is 2.58. The maximum atomic E-state index is 6.01. The number of rotatable bonds is 6. The van der Waals surface area contributed by atoms with E-state index in [0.29, 0.717) is 18.2 Å². The number of hydrogen-bond acceptors (Lipinski definition) is 7. The van der Waals surface area contributed by atoms with E-state index >= 15 is 0 Å². The smallest absolute Gasteiger partial charge is 0.159 e. The molecule has 0 fully saturated rings. The number of nitrogens with one attached hydrogen (secondary N) is 3. The highest BCUT2D eigenvalue weighted by Gasteiger charge is 2.16. The van der Waals surface area contributed by atoms with Crippen LogP contribution >= 0.6 is 11.3 Å². The normalized spacial score (nSPS) is 12.6. The molecule has 190 valence electrons. The van der Waals surface area contributed by atoms with E-state index in [1.54, 1.807) is 23.7 Å². The predicted molar refractivity (Wildman–Crippen MR) is 154 cm³/mol. The third-order valence-electron chi connectivity index (χ3n) is 6.52. The highest BCUT2D eigenvalue weighted by molar-refractivity contribution is 7.15. The molecule has 0 aliphatic carbocycles. The number of nitrogens with zero attached hydrogens (tertiary/aromatic N) is 4. The SMILES string of the molecule is Cc1ccc(-c2cncc3[nH]c(-c4n[nH]c5c4=CC(c4cncc(OCc6ccccc6)c4)=CNC=5)nc23)s1. The summed E-state index contributed by atoms with van der Waals surface area (Å²) in [7, 11) is 0. The Labute approximate surface area is 227 Å². The van der Waals surface area contributed by atoms with Gasteiger partial charge in [-0.25, -0.2) is 4.98 Å². The fraction of sp³-hybridized carbons (Fsp3) is 0.0667. The Hall–Kier alpha value is -5.02. The lowest BCUT2D eigenvalue weighted by molar-refractivity contribution is 0.305. The topological polar surface area (TPSA) is 104 Å². The standard InChI is InChI=1S/C30H23N7OS/c1-18-7-8-27(39-18)24-14-33-16-26-28(24)35-30(34-26)29-23-10-21(12-32-15-25(23)36-37-29)20-9-22(13-31-11-20)38-17-19-5-3-2-4-6-19/h2-16,32,36H,17H2,1H3,(H,34,35). The molecular weight excluding hydrogens is 506 g/mol. The van der Waals surface area contributed by atoms with Crippen molar-refractivity contribution in [1.82, 2.24) is 35.5 Å². The van der Waals surface area contributed by atoms with E-state index in [-0.39, 0.29) is 0 Å². The summed E-state index contributed by atoms with van der Waals surface area (Å²) in [4.78, 5) is 19.6. The minimum Gasteiger partial charge on any atom is -0.487 e. The first-order valence-electron chi connectivity index (χ1n) is 12.5. The summed E-state index contributed by atoms with van der Waals surface area (Å²) < 4.78 is 6.01. The Kier molecular flexibility index (Phi) is 5.75. The summed E-state index contributed by atoms with van der Waals surface area (Å²) in [6.07, 6.45) is 13.1. The van der Waals surface area contributed by atoms with Gasteiger partial charge in [0, 0.05) is 56.5 Å². The predicted octanol–water partition coefficient (Wildman–Crippen LogP) is 4.52. The van der Waals surface area contributed by atoms with Gasteiger partial charge in [0.05, 0.1) is 23.3 Å². The molecule has 0 unspecified atom stereocenters. The van der Waals surface area contributed by atoms with E-state index in [1.807, 2.05) is 61.2 Å². The fourth-order valence-electron chi connectivity index (χ4n) is 4.58. The van der Waals surface area contributed by atoms with Crippen LogP contribution in [0.4, 0.5) is 0 Å². The van der Waals surface area contributed by atoms with Crippen LogP contribution in [0.3, 0.4) is 0 Å². The fourth-order valence-corrected chi connectivity index (χ4v) is 5.46. The average molecular weight is 530 g/mol. The Bertz CT molecular complexity index is 1970. The van der Waals surface area contributed by atoms with Crippen LogP contribution in [0.2, 0.25) is 0 Å². The van der Waals surface area contributed by atoms with Crippen LogP contribution in [0.5, 0.6) is 5.75 Å². The molecule has 3 N–H and O–H groups in total. The Morgan fingerprint density at radius 3 is 2.72 bits per heavy atom. The highest BCUT2D eigenvalue weighted by atomic mass is 32.1. The van der Waals surface area contributed by atoms with E-state index in [1.165, 1.54) is 4.88 Å². The summed E-state index contributed by atoms with van der Waals surface area (Å²) in [5.41, 5.74) is 6.44. The van der Waals surface area contributed by atoms with E-state index in [0.717, 1.165) is 54.4 Å². The van der Waals surface area contributed by atoms with Crippen molar-refractivity contribution in [3.05, 3.63) is 106 Å². The van der Waals surface area contributed by atoms with Gasteiger partial charge < -0.3 is 15.0 Å². The lowest BCUT2D eigenvalue weighted by atomic mass is 10.1. The van der Waals surface area contributed by atoms with Crippen LogP contribution < -0.4 is 20.6 Å². The zero-order chi connectivity index (χ0) is 26.2. The average Bonchev–Trinajstić information content (AvgIpc) is 3.67. The molecule has 39 heavy (non-hydrogen) atoms. The second-order valence-corrected chi connectivity index (χ2v) is 10.5. The van der Waals surface area contributed by atoms with Gasteiger partial charge in [-0.1, -0.05) is 30.3 Å². The van der Waals surface area contributed by atoms with E-state index in [2.05, 4.69) is 55.6 Å². The van der Waals surface area contributed by atoms with Gasteiger partial charge in [-0.05, 0) is 36.8 Å². The number of pyridine rings is 2. The van der Waals surface area contributed by atoms with Gasteiger partial charge >= 0.3 is 0 Å². The van der Waals surface area contributed by atoms with E-state index in [4.69, 9.17) is 9.72 Å². The largest absolute Gasteiger partial charge is 0.487 e. The first kappa shape index (κ1) is 23.1. The molecule has 0 bridgehead atoms. The summed E-state index contributed by atoms with van der Waals surface area (Å²) >= 11 is 1.73. The van der Waals surface area contributed by atoms with Crippen LogP contribution in [0.15, 0.2) is 79.5 Å². The number of hydrogen-bond donors (Lipinski definition) is 3.